The van der Waals surface area contributed by atoms with Crippen molar-refractivity contribution in [2.75, 3.05) is 6.54 Å². The number of aliphatic imine (C=N–C) groups is 1. The zero-order valence-electron chi connectivity index (χ0n) is 12.2. The summed E-state index contributed by atoms with van der Waals surface area (Å²) in [5.41, 5.74) is 6.18. The molecule has 2 amide bonds. The normalized spacial score (nSPS) is 16.5. The number of amides is 2. The first-order valence-electron chi connectivity index (χ1n) is 7.51. The van der Waals surface area contributed by atoms with Gasteiger partial charge in [-0.05, 0) is 25.0 Å². The van der Waals surface area contributed by atoms with Crippen LogP contribution in [0, 0.1) is 0 Å². The summed E-state index contributed by atoms with van der Waals surface area (Å²) in [4.78, 5) is 19.7. The molecule has 1 aromatic heterocycles. The number of urea groups is 1. The molecule has 0 bridgehead atoms. The molecule has 0 aromatic carbocycles. The number of pyridine rings is 1. The van der Waals surface area contributed by atoms with Crippen LogP contribution in [0.25, 0.3) is 0 Å². The molecular formula is C15H23N5O. The Morgan fingerprint density at radius 3 is 2.81 bits per heavy atom. The minimum absolute atomic E-state index is 0.374. The highest BCUT2D eigenvalue weighted by Gasteiger charge is 2.15. The number of carbonyl (C=O) groups is 1. The van der Waals surface area contributed by atoms with E-state index in [0.717, 1.165) is 25.0 Å². The van der Waals surface area contributed by atoms with Gasteiger partial charge < -0.3 is 11.1 Å². The Hall–Kier alpha value is -2.11. The number of nitrogens with one attached hydrogen (secondary N) is 2. The van der Waals surface area contributed by atoms with Gasteiger partial charge in [0.1, 0.15) is 0 Å². The molecule has 114 valence electrons. The molecule has 0 saturated heterocycles. The SMILES string of the molecule is NC(=O)NC(=NCCc1ccccn1)NC1CCCCC1. The predicted molar refractivity (Wildman–Crippen MR) is 83.0 cm³/mol. The summed E-state index contributed by atoms with van der Waals surface area (Å²) in [6.45, 7) is 0.562. The fourth-order valence-electron chi connectivity index (χ4n) is 2.51. The van der Waals surface area contributed by atoms with E-state index < -0.39 is 6.03 Å². The molecule has 6 heteroatoms. The molecule has 1 aliphatic carbocycles. The molecule has 2 rings (SSSR count). The lowest BCUT2D eigenvalue weighted by atomic mass is 9.96. The number of rotatable bonds is 4. The number of aromatic nitrogens is 1. The van der Waals surface area contributed by atoms with Crippen molar-refractivity contribution in [2.24, 2.45) is 10.7 Å². The number of nitrogens with zero attached hydrogens (tertiary/aromatic N) is 2. The Morgan fingerprint density at radius 2 is 2.14 bits per heavy atom. The van der Waals surface area contributed by atoms with Gasteiger partial charge in [0.05, 0.1) is 0 Å². The van der Waals surface area contributed by atoms with Crippen LogP contribution in [0.2, 0.25) is 0 Å². The first kappa shape index (κ1) is 15.3. The maximum atomic E-state index is 11.1. The van der Waals surface area contributed by atoms with Crippen LogP contribution < -0.4 is 16.4 Å². The topological polar surface area (TPSA) is 92.4 Å². The minimum Gasteiger partial charge on any atom is -0.353 e. The number of primary amides is 1. The third-order valence-electron chi connectivity index (χ3n) is 3.55. The molecule has 0 spiro atoms. The molecule has 1 saturated carbocycles. The molecule has 0 aliphatic heterocycles. The van der Waals surface area contributed by atoms with Gasteiger partial charge in [-0.3, -0.25) is 15.3 Å². The van der Waals surface area contributed by atoms with Crippen LogP contribution in [0.3, 0.4) is 0 Å². The van der Waals surface area contributed by atoms with E-state index >= 15 is 0 Å². The summed E-state index contributed by atoms with van der Waals surface area (Å²) in [6, 6.07) is 5.59. The van der Waals surface area contributed by atoms with E-state index in [2.05, 4.69) is 20.6 Å². The van der Waals surface area contributed by atoms with E-state index in [4.69, 9.17) is 5.73 Å². The lowest BCUT2D eigenvalue weighted by Crippen LogP contribution is -2.48. The highest BCUT2D eigenvalue weighted by molar-refractivity contribution is 5.95. The Labute approximate surface area is 125 Å². The predicted octanol–water partition coefficient (Wildman–Crippen LogP) is 1.57. The number of hydrogen-bond donors (Lipinski definition) is 3. The monoisotopic (exact) mass is 289 g/mol. The fraction of sp³-hybridized carbons (Fsp3) is 0.533. The molecule has 21 heavy (non-hydrogen) atoms. The molecular weight excluding hydrogens is 266 g/mol. The van der Waals surface area contributed by atoms with Crippen molar-refractivity contribution in [1.82, 2.24) is 15.6 Å². The van der Waals surface area contributed by atoms with Crippen molar-refractivity contribution in [3.63, 3.8) is 0 Å². The first-order valence-corrected chi connectivity index (χ1v) is 7.51. The van der Waals surface area contributed by atoms with Crippen LogP contribution >= 0.6 is 0 Å². The Kier molecular flexibility index (Phi) is 5.99. The summed E-state index contributed by atoms with van der Waals surface area (Å²) in [7, 11) is 0. The van der Waals surface area contributed by atoms with Crippen molar-refractivity contribution in [3.8, 4) is 0 Å². The second-order valence-electron chi connectivity index (χ2n) is 5.27. The van der Waals surface area contributed by atoms with Gasteiger partial charge in [0.15, 0.2) is 5.96 Å². The number of nitrogens with two attached hydrogens (primary N) is 1. The summed E-state index contributed by atoms with van der Waals surface area (Å²) < 4.78 is 0. The Morgan fingerprint density at radius 1 is 1.33 bits per heavy atom. The van der Waals surface area contributed by atoms with Gasteiger partial charge in [-0.25, -0.2) is 4.79 Å². The average molecular weight is 289 g/mol. The van der Waals surface area contributed by atoms with Crippen LogP contribution in [0.1, 0.15) is 37.8 Å². The quantitative estimate of drug-likeness (QED) is 0.580. The van der Waals surface area contributed by atoms with Gasteiger partial charge in [-0.1, -0.05) is 25.3 Å². The smallest absolute Gasteiger partial charge is 0.318 e. The summed E-state index contributed by atoms with van der Waals surface area (Å²) in [6.07, 6.45) is 8.44. The second kappa shape index (κ2) is 8.24. The maximum absolute atomic E-state index is 11.1. The van der Waals surface area contributed by atoms with E-state index in [0.29, 0.717) is 18.5 Å². The Bertz CT molecular complexity index is 468. The van der Waals surface area contributed by atoms with Gasteiger partial charge in [0.25, 0.3) is 0 Å². The molecule has 6 nitrogen and oxygen atoms in total. The second-order valence-corrected chi connectivity index (χ2v) is 5.27. The van der Waals surface area contributed by atoms with Crippen molar-refractivity contribution in [1.29, 1.82) is 0 Å². The molecule has 0 radical (unpaired) electrons. The van der Waals surface area contributed by atoms with Crippen LogP contribution in [-0.4, -0.2) is 29.6 Å². The van der Waals surface area contributed by atoms with Crippen LogP contribution in [0.15, 0.2) is 29.4 Å². The summed E-state index contributed by atoms with van der Waals surface area (Å²) in [5, 5.41) is 5.86. The average Bonchev–Trinajstić information content (AvgIpc) is 2.49. The van der Waals surface area contributed by atoms with Gasteiger partial charge in [-0.2, -0.15) is 0 Å². The minimum atomic E-state index is -0.588. The van der Waals surface area contributed by atoms with Crippen molar-refractivity contribution < 1.29 is 4.79 Å². The zero-order chi connectivity index (χ0) is 14.9. The molecule has 0 atom stereocenters. The van der Waals surface area contributed by atoms with Gasteiger partial charge >= 0.3 is 6.03 Å². The Balaban J connectivity index is 1.87. The molecule has 1 fully saturated rings. The lowest BCUT2D eigenvalue weighted by Gasteiger charge is -2.24. The maximum Gasteiger partial charge on any atom is 0.318 e. The van der Waals surface area contributed by atoms with Crippen molar-refractivity contribution in [3.05, 3.63) is 30.1 Å². The summed E-state index contributed by atoms with van der Waals surface area (Å²) >= 11 is 0. The number of carbonyl (C=O) groups excluding carboxylic acids is 1. The van der Waals surface area contributed by atoms with Gasteiger partial charge in [0, 0.05) is 30.9 Å². The summed E-state index contributed by atoms with van der Waals surface area (Å²) in [5.74, 6) is 0.477. The van der Waals surface area contributed by atoms with Crippen LogP contribution in [0.5, 0.6) is 0 Å². The van der Waals surface area contributed by atoms with Crippen molar-refractivity contribution >= 4 is 12.0 Å². The fourth-order valence-corrected chi connectivity index (χ4v) is 2.51. The lowest BCUT2D eigenvalue weighted by molar-refractivity contribution is 0.252. The van der Waals surface area contributed by atoms with Gasteiger partial charge in [-0.15, -0.1) is 0 Å². The van der Waals surface area contributed by atoms with E-state index in [9.17, 15) is 4.79 Å². The molecule has 1 aliphatic rings. The first-order chi connectivity index (χ1) is 10.2. The standard InChI is InChI=1S/C15H23N5O/c16-14(21)20-15(19-13-7-2-1-3-8-13)18-11-9-12-6-4-5-10-17-12/h4-6,10,13H,1-3,7-9,11H2,(H4,16,18,19,20,21). The molecule has 0 unspecified atom stereocenters. The molecule has 1 heterocycles. The van der Waals surface area contributed by atoms with Crippen LogP contribution in [0.4, 0.5) is 4.79 Å². The third kappa shape index (κ3) is 5.81. The van der Waals surface area contributed by atoms with Gasteiger partial charge in [0.2, 0.25) is 0 Å². The van der Waals surface area contributed by atoms with E-state index in [1.165, 1.54) is 19.3 Å². The number of guanidine groups is 1. The largest absolute Gasteiger partial charge is 0.353 e. The molecule has 1 aromatic rings. The van der Waals surface area contributed by atoms with Crippen molar-refractivity contribution in [2.45, 2.75) is 44.6 Å². The van der Waals surface area contributed by atoms with E-state index in [1.807, 2.05) is 18.2 Å². The molecule has 4 N–H and O–H groups in total. The van der Waals surface area contributed by atoms with Crippen LogP contribution in [-0.2, 0) is 6.42 Å². The zero-order valence-corrected chi connectivity index (χ0v) is 12.2. The number of hydrogen-bond acceptors (Lipinski definition) is 3. The third-order valence-corrected chi connectivity index (χ3v) is 3.55. The highest BCUT2D eigenvalue weighted by atomic mass is 16.2. The van der Waals surface area contributed by atoms with E-state index in [-0.39, 0.29) is 0 Å². The highest BCUT2D eigenvalue weighted by Crippen LogP contribution is 2.17. The van der Waals surface area contributed by atoms with E-state index in [1.54, 1.807) is 6.20 Å².